The van der Waals surface area contributed by atoms with Gasteiger partial charge in [-0.2, -0.15) is 15.3 Å². The fraction of sp³-hybridized carbons (Fsp3) is 0.211. The number of carbonyl (C=O) groups excluding carboxylic acids is 3. The molecule has 111 heavy (non-hydrogen) atoms. The third-order valence-corrected chi connectivity index (χ3v) is 14.4. The van der Waals surface area contributed by atoms with Gasteiger partial charge < -0.3 is 69.2 Å². The maximum absolute atomic E-state index is 13.1. The van der Waals surface area contributed by atoms with Crippen LogP contribution in [0.4, 0.5) is 17.1 Å². The van der Waals surface area contributed by atoms with Crippen LogP contribution in [-0.4, -0.2) is 215 Å². The van der Waals surface area contributed by atoms with Crippen molar-refractivity contribution in [1.29, 1.82) is 0 Å². The molecule has 0 atom stereocenters. The summed E-state index contributed by atoms with van der Waals surface area (Å²) in [5, 5.41) is 43.3. The van der Waals surface area contributed by atoms with Gasteiger partial charge in [-0.25, -0.2) is 19.9 Å². The molecule has 12 heterocycles. The second-order valence-electron chi connectivity index (χ2n) is 21.9. The van der Waals surface area contributed by atoms with Gasteiger partial charge in [0.1, 0.15) is 39.9 Å². The van der Waals surface area contributed by atoms with Crippen molar-refractivity contribution in [2.45, 2.75) is 19.6 Å². The highest BCUT2D eigenvalue weighted by Gasteiger charge is 2.21. The minimum Gasteiger partial charge on any atom is -0.483 e. The first-order valence-electron chi connectivity index (χ1n) is 33.6. The van der Waals surface area contributed by atoms with E-state index in [9.17, 15) is 14.4 Å². The molecule has 0 saturated carbocycles. The van der Waals surface area contributed by atoms with Gasteiger partial charge in [-0.05, 0) is 97.1 Å². The summed E-state index contributed by atoms with van der Waals surface area (Å²) in [6, 6.07) is 42.9. The van der Waals surface area contributed by atoms with Crippen LogP contribution < -0.4 is 25.4 Å². The maximum atomic E-state index is 13.1. The number of rotatable bonds is 32. The normalized spacial score (nSPS) is 10.2. The molecule has 12 rings (SSSR count). The molecular formula is C76H80N18O17. The zero-order chi connectivity index (χ0) is 79.1. The highest BCUT2D eigenvalue weighted by molar-refractivity contribution is 6.06. The number of anilines is 3. The van der Waals surface area contributed by atoms with Crippen molar-refractivity contribution in [3.05, 3.63) is 231 Å². The Morgan fingerprint density at radius 1 is 0.378 bits per heavy atom. The monoisotopic (exact) mass is 1520 g/mol. The number of methoxy groups -OCH3 is 4. The van der Waals surface area contributed by atoms with Gasteiger partial charge in [0.15, 0.2) is 0 Å². The van der Waals surface area contributed by atoms with E-state index in [1.807, 2.05) is 84.9 Å². The summed E-state index contributed by atoms with van der Waals surface area (Å²) in [6.07, 6.45) is 18.6. The molecule has 576 valence electrons. The number of aromatic nitrogens is 15. The number of amides is 3. The molecule has 35 nitrogen and oxygen atoms in total. The lowest BCUT2D eigenvalue weighted by Gasteiger charge is -2.07. The number of carboxylic acid groups (broad SMARTS) is 3. The van der Waals surface area contributed by atoms with Crippen LogP contribution in [0.2, 0.25) is 0 Å². The maximum Gasteiger partial charge on any atom is 0.290 e. The molecule has 6 N–H and O–H groups in total. The van der Waals surface area contributed by atoms with E-state index >= 15 is 0 Å². The lowest BCUT2D eigenvalue weighted by atomic mass is 10.1. The lowest BCUT2D eigenvalue weighted by Crippen LogP contribution is -2.14. The SMILES string of the molecule is COCCOCCn1cc(NC(=O)c2cccc(-c3ccnc(OC)c3)n2)c(-c2ccccn2)n1.COCCOCCn1cc(NC(=O)c2cccc(-c3ccncc3)n2)c(-c2ccccn2)n1.COCCOCCn1cc(NC(=O)c2cccc(Oc3ccncc3)n2)c(-c2ccccn2)n1.O=CO.O=CO.O=CO. The van der Waals surface area contributed by atoms with Crippen molar-refractivity contribution in [1.82, 2.24) is 74.2 Å². The fourth-order valence-corrected chi connectivity index (χ4v) is 9.50. The van der Waals surface area contributed by atoms with Crippen LogP contribution in [0.1, 0.15) is 31.5 Å². The van der Waals surface area contributed by atoms with Crippen LogP contribution >= 0.6 is 0 Å². The zero-order valence-corrected chi connectivity index (χ0v) is 60.7. The van der Waals surface area contributed by atoms with Gasteiger partial charge in [-0.15, -0.1) is 0 Å². The van der Waals surface area contributed by atoms with E-state index in [0.29, 0.717) is 165 Å². The molecule has 35 heteroatoms. The summed E-state index contributed by atoms with van der Waals surface area (Å²) < 4.78 is 47.6. The Balaban J connectivity index is 0.000000219. The van der Waals surface area contributed by atoms with Crippen molar-refractivity contribution >= 4 is 54.2 Å². The molecule has 0 fully saturated rings. The van der Waals surface area contributed by atoms with Crippen LogP contribution in [0.5, 0.6) is 17.5 Å². The third-order valence-electron chi connectivity index (χ3n) is 14.4. The number of pyridine rings is 9. The molecule has 12 aromatic heterocycles. The molecule has 0 aliphatic rings. The van der Waals surface area contributed by atoms with E-state index in [0.717, 1.165) is 11.1 Å². The molecule has 0 aromatic carbocycles. The van der Waals surface area contributed by atoms with Gasteiger partial charge in [0, 0.05) is 113 Å². The van der Waals surface area contributed by atoms with Crippen LogP contribution in [0, 0.1) is 0 Å². The van der Waals surface area contributed by atoms with Crippen molar-refractivity contribution < 1.29 is 82.0 Å². The summed E-state index contributed by atoms with van der Waals surface area (Å²) in [6.45, 7) is 5.26. The molecule has 0 saturated heterocycles. The Morgan fingerprint density at radius 3 is 1.12 bits per heavy atom. The first kappa shape index (κ1) is 84.4. The van der Waals surface area contributed by atoms with Crippen LogP contribution in [-0.2, 0) is 62.4 Å². The van der Waals surface area contributed by atoms with Gasteiger partial charge in [0.05, 0.1) is 132 Å². The summed E-state index contributed by atoms with van der Waals surface area (Å²) >= 11 is 0. The predicted octanol–water partition coefficient (Wildman–Crippen LogP) is 9.19. The number of nitrogens with one attached hydrogen (secondary N) is 3. The minimum absolute atomic E-state index is 0.203. The van der Waals surface area contributed by atoms with Crippen LogP contribution in [0.15, 0.2) is 214 Å². The van der Waals surface area contributed by atoms with Crippen LogP contribution in [0.25, 0.3) is 56.7 Å². The quantitative estimate of drug-likeness (QED) is 0.0169. The van der Waals surface area contributed by atoms with Gasteiger partial charge in [0.25, 0.3) is 37.1 Å². The summed E-state index contributed by atoms with van der Waals surface area (Å²) in [7, 11) is 6.44. The van der Waals surface area contributed by atoms with Gasteiger partial charge >= 0.3 is 0 Å². The average Bonchev–Trinajstić information content (AvgIpc) is 1.75. The van der Waals surface area contributed by atoms with Gasteiger partial charge in [0.2, 0.25) is 11.8 Å². The minimum atomic E-state index is -0.395. The van der Waals surface area contributed by atoms with E-state index in [4.69, 9.17) is 67.6 Å². The number of hydrogen-bond acceptors (Lipinski definition) is 26. The second-order valence-corrected chi connectivity index (χ2v) is 21.9. The van der Waals surface area contributed by atoms with Crippen molar-refractivity contribution in [3.63, 3.8) is 0 Å². The summed E-state index contributed by atoms with van der Waals surface area (Å²) in [5.74, 6) is 0.255. The molecule has 0 unspecified atom stereocenters. The van der Waals surface area contributed by atoms with Gasteiger partial charge in [-0.1, -0.05) is 36.4 Å². The summed E-state index contributed by atoms with van der Waals surface area (Å²) in [5.41, 5.74) is 8.99. The molecular weight excluding hydrogens is 1440 g/mol. The number of carbonyl (C=O) groups is 6. The van der Waals surface area contributed by atoms with E-state index in [-0.39, 0.29) is 42.6 Å². The van der Waals surface area contributed by atoms with E-state index in [1.165, 1.54) is 0 Å². The molecule has 0 radical (unpaired) electrons. The Morgan fingerprint density at radius 2 is 0.739 bits per heavy atom. The Kier molecular flexibility index (Phi) is 36.8. The topological polar surface area (TPSA) is 443 Å². The fourth-order valence-electron chi connectivity index (χ4n) is 9.50. The summed E-state index contributed by atoms with van der Waals surface area (Å²) in [4.78, 5) is 103. The second kappa shape index (κ2) is 48.4. The number of ether oxygens (including phenoxy) is 8. The Hall–Kier alpha value is -13.8. The van der Waals surface area contributed by atoms with Crippen molar-refractivity contribution in [3.8, 4) is 74.2 Å². The Labute approximate surface area is 636 Å². The first-order valence-corrected chi connectivity index (χ1v) is 33.6. The average molecular weight is 1520 g/mol. The van der Waals surface area contributed by atoms with E-state index in [1.54, 1.807) is 171 Å². The predicted molar refractivity (Wildman–Crippen MR) is 404 cm³/mol. The molecule has 0 spiro atoms. The van der Waals surface area contributed by atoms with Crippen LogP contribution in [0.3, 0.4) is 0 Å². The number of nitrogens with zero attached hydrogens (tertiary/aromatic N) is 15. The molecule has 0 aliphatic heterocycles. The van der Waals surface area contributed by atoms with E-state index in [2.05, 4.69) is 76.1 Å². The highest BCUT2D eigenvalue weighted by atomic mass is 16.5. The largest absolute Gasteiger partial charge is 0.483 e. The molecule has 3 amide bonds. The molecule has 12 aromatic rings. The molecule has 0 bridgehead atoms. The standard InChI is InChI=1S/C25H26N6O4.C24H24N6O4.C24H24N6O3.3CH2O2/c1-33-14-15-35-13-12-31-17-22(24(30-31)20-6-3-4-10-26-20)29-25(32)21-8-5-7-19(28-21)18-9-11-27-23(16-18)34-2;1-32-15-16-33-14-13-30-17-21(23(29-30)19-5-2-3-10-26-19)28-24(31)20-6-4-7-22(27-20)34-18-8-11-25-12-9-18;1-32-15-16-33-14-13-30-17-22(23(29-30)20-5-2-3-10-26-20)28-24(31)21-7-4-6-19(27-21)18-8-11-25-12-9-18;3*2-1-3/h3-11,16-17H,12-15H2,1-2H3,(H,29,32);2-12,17H,13-16H2,1H3,(H,28,31);2-12,17H,13-16H2,1H3,(H,28,31);3*1H,(H,2,3). The zero-order valence-electron chi connectivity index (χ0n) is 60.7. The molecule has 0 aliphatic carbocycles. The Bertz CT molecular complexity index is 4730. The highest BCUT2D eigenvalue weighted by Crippen LogP contribution is 2.30. The first-order chi connectivity index (χ1) is 54.4. The van der Waals surface area contributed by atoms with Crippen molar-refractivity contribution in [2.24, 2.45) is 0 Å². The third kappa shape index (κ3) is 28.4. The number of hydrogen-bond donors (Lipinski definition) is 6. The van der Waals surface area contributed by atoms with Gasteiger partial charge in [-0.3, -0.25) is 67.7 Å². The lowest BCUT2D eigenvalue weighted by molar-refractivity contribution is -0.123. The smallest absolute Gasteiger partial charge is 0.290 e. The van der Waals surface area contributed by atoms with E-state index < -0.39 is 5.91 Å². The van der Waals surface area contributed by atoms with Crippen molar-refractivity contribution in [2.75, 3.05) is 104 Å².